The van der Waals surface area contributed by atoms with Crippen LogP contribution in [0.4, 0.5) is 5.69 Å². The fraction of sp³-hybridized carbons (Fsp3) is 0.321. The number of aromatic nitrogens is 4. The SMILES string of the molecule is CCC/N=C(/c1nc2ccncc2[nH]1)c1cc(-c2cncc(NC(=O)CC(C)(C)C)c2)ccc1C. The molecule has 35 heavy (non-hydrogen) atoms. The second-order valence-corrected chi connectivity index (χ2v) is 9.99. The van der Waals surface area contributed by atoms with Crippen molar-refractivity contribution in [1.29, 1.82) is 0 Å². The van der Waals surface area contributed by atoms with Crippen LogP contribution in [0, 0.1) is 12.3 Å². The number of imidazole rings is 1. The van der Waals surface area contributed by atoms with Gasteiger partial charge < -0.3 is 10.3 Å². The number of nitrogens with one attached hydrogen (secondary N) is 2. The van der Waals surface area contributed by atoms with E-state index in [9.17, 15) is 4.79 Å². The van der Waals surface area contributed by atoms with E-state index in [1.54, 1.807) is 18.6 Å². The number of fused-ring (bicyclic) bond motifs is 1. The number of nitrogens with zero attached hydrogens (tertiary/aromatic N) is 4. The number of carbonyl (C=O) groups is 1. The molecular formula is C28H32N6O. The number of H-pyrrole nitrogens is 1. The van der Waals surface area contributed by atoms with E-state index in [1.807, 2.05) is 39.1 Å². The highest BCUT2D eigenvalue weighted by Crippen LogP contribution is 2.27. The van der Waals surface area contributed by atoms with Crippen molar-refractivity contribution in [3.8, 4) is 11.1 Å². The average Bonchev–Trinajstić information content (AvgIpc) is 3.23. The number of hydrogen-bond donors (Lipinski definition) is 2. The number of anilines is 1. The number of benzene rings is 1. The van der Waals surface area contributed by atoms with Gasteiger partial charge in [-0.25, -0.2) is 4.98 Å². The highest BCUT2D eigenvalue weighted by atomic mass is 16.1. The largest absolute Gasteiger partial charge is 0.335 e. The minimum absolute atomic E-state index is 0.0191. The van der Waals surface area contributed by atoms with E-state index in [1.165, 1.54) is 0 Å². The van der Waals surface area contributed by atoms with Gasteiger partial charge in [-0.2, -0.15) is 0 Å². The summed E-state index contributed by atoms with van der Waals surface area (Å²) in [7, 11) is 0. The molecule has 4 rings (SSSR count). The van der Waals surface area contributed by atoms with Crippen LogP contribution in [-0.4, -0.2) is 38.1 Å². The number of amides is 1. The van der Waals surface area contributed by atoms with Gasteiger partial charge in [0.15, 0.2) is 5.82 Å². The van der Waals surface area contributed by atoms with Gasteiger partial charge in [0.1, 0.15) is 5.71 Å². The second-order valence-electron chi connectivity index (χ2n) is 9.99. The Kier molecular flexibility index (Phi) is 7.05. The van der Waals surface area contributed by atoms with Crippen LogP contribution in [0.5, 0.6) is 0 Å². The molecule has 1 amide bonds. The van der Waals surface area contributed by atoms with E-state index in [0.717, 1.165) is 51.2 Å². The third-order valence-electron chi connectivity index (χ3n) is 5.54. The molecule has 4 aromatic rings. The minimum atomic E-state index is -0.0814. The maximum Gasteiger partial charge on any atom is 0.224 e. The molecule has 2 N–H and O–H groups in total. The zero-order valence-corrected chi connectivity index (χ0v) is 21.0. The van der Waals surface area contributed by atoms with Crippen molar-refractivity contribution in [1.82, 2.24) is 19.9 Å². The van der Waals surface area contributed by atoms with Gasteiger partial charge in [0.05, 0.1) is 29.1 Å². The Labute approximate surface area is 206 Å². The van der Waals surface area contributed by atoms with Crippen LogP contribution in [0.2, 0.25) is 0 Å². The second kappa shape index (κ2) is 10.2. The lowest BCUT2D eigenvalue weighted by molar-refractivity contribution is -0.117. The van der Waals surface area contributed by atoms with Crippen molar-refractivity contribution >= 4 is 28.3 Å². The Hall–Kier alpha value is -3.87. The maximum atomic E-state index is 12.4. The molecule has 0 saturated heterocycles. The molecule has 7 nitrogen and oxygen atoms in total. The molecule has 3 heterocycles. The highest BCUT2D eigenvalue weighted by molar-refractivity contribution is 6.13. The van der Waals surface area contributed by atoms with Crippen molar-refractivity contribution in [3.05, 3.63) is 72.1 Å². The van der Waals surface area contributed by atoms with Gasteiger partial charge in [0.25, 0.3) is 0 Å². The summed E-state index contributed by atoms with van der Waals surface area (Å²) in [4.78, 5) is 34.0. The summed E-state index contributed by atoms with van der Waals surface area (Å²) in [5.41, 5.74) is 7.18. The summed E-state index contributed by atoms with van der Waals surface area (Å²) in [6, 6.07) is 10.1. The van der Waals surface area contributed by atoms with Crippen molar-refractivity contribution in [2.75, 3.05) is 11.9 Å². The Morgan fingerprint density at radius 3 is 2.63 bits per heavy atom. The van der Waals surface area contributed by atoms with Gasteiger partial charge in [-0.1, -0.05) is 39.8 Å². The lowest BCUT2D eigenvalue weighted by atomic mass is 9.92. The van der Waals surface area contributed by atoms with Gasteiger partial charge >= 0.3 is 0 Å². The molecule has 0 atom stereocenters. The third-order valence-corrected chi connectivity index (χ3v) is 5.54. The minimum Gasteiger partial charge on any atom is -0.335 e. The number of rotatable bonds is 7. The predicted molar refractivity (Wildman–Crippen MR) is 142 cm³/mol. The topological polar surface area (TPSA) is 95.9 Å². The Morgan fingerprint density at radius 2 is 1.89 bits per heavy atom. The van der Waals surface area contributed by atoms with E-state index < -0.39 is 0 Å². The van der Waals surface area contributed by atoms with Gasteiger partial charge in [-0.3, -0.25) is 19.8 Å². The zero-order chi connectivity index (χ0) is 25.0. The first-order valence-corrected chi connectivity index (χ1v) is 11.9. The molecule has 0 unspecified atom stereocenters. The number of aryl methyl sites for hydroxylation is 1. The number of aliphatic imine (C=N–C) groups is 1. The molecule has 0 radical (unpaired) electrons. The van der Waals surface area contributed by atoms with Crippen LogP contribution in [0.15, 0.2) is 60.1 Å². The average molecular weight is 469 g/mol. The smallest absolute Gasteiger partial charge is 0.224 e. The van der Waals surface area contributed by atoms with Gasteiger partial charge in [-0.15, -0.1) is 0 Å². The molecule has 0 spiro atoms. The van der Waals surface area contributed by atoms with Crippen LogP contribution in [0.3, 0.4) is 0 Å². The summed E-state index contributed by atoms with van der Waals surface area (Å²) >= 11 is 0. The molecule has 0 aliphatic rings. The van der Waals surface area contributed by atoms with E-state index in [2.05, 4.69) is 52.3 Å². The van der Waals surface area contributed by atoms with Crippen LogP contribution in [0.1, 0.15) is 57.5 Å². The zero-order valence-electron chi connectivity index (χ0n) is 21.0. The Morgan fingerprint density at radius 1 is 1.06 bits per heavy atom. The number of pyridine rings is 2. The summed E-state index contributed by atoms with van der Waals surface area (Å²) in [5, 5.41) is 2.98. The van der Waals surface area contributed by atoms with Crippen molar-refractivity contribution in [2.45, 2.75) is 47.5 Å². The van der Waals surface area contributed by atoms with Crippen molar-refractivity contribution < 1.29 is 4.79 Å². The summed E-state index contributed by atoms with van der Waals surface area (Å²) in [6.07, 6.45) is 8.37. The number of hydrogen-bond acceptors (Lipinski definition) is 5. The van der Waals surface area contributed by atoms with Crippen LogP contribution < -0.4 is 5.32 Å². The molecule has 0 aliphatic carbocycles. The normalized spacial score (nSPS) is 12.2. The Balaban J connectivity index is 1.70. The number of aromatic amines is 1. The molecular weight excluding hydrogens is 436 g/mol. The maximum absolute atomic E-state index is 12.4. The van der Waals surface area contributed by atoms with E-state index in [-0.39, 0.29) is 11.3 Å². The summed E-state index contributed by atoms with van der Waals surface area (Å²) < 4.78 is 0. The molecule has 3 aromatic heterocycles. The predicted octanol–water partition coefficient (Wildman–Crippen LogP) is 5.95. The van der Waals surface area contributed by atoms with Gasteiger partial charge in [-0.05, 0) is 48.1 Å². The quantitative estimate of drug-likeness (QED) is 0.328. The highest BCUT2D eigenvalue weighted by Gasteiger charge is 2.18. The molecule has 0 saturated carbocycles. The lowest BCUT2D eigenvalue weighted by Crippen LogP contribution is -2.19. The molecule has 7 heteroatoms. The monoisotopic (exact) mass is 468 g/mol. The van der Waals surface area contributed by atoms with Crippen LogP contribution in [0.25, 0.3) is 22.2 Å². The molecule has 1 aromatic carbocycles. The number of carbonyl (C=O) groups excluding carboxylic acids is 1. The van der Waals surface area contributed by atoms with E-state index in [0.29, 0.717) is 18.7 Å². The fourth-order valence-corrected chi connectivity index (χ4v) is 3.89. The van der Waals surface area contributed by atoms with Crippen LogP contribution >= 0.6 is 0 Å². The third kappa shape index (κ3) is 5.98. The van der Waals surface area contributed by atoms with Gasteiger partial charge in [0, 0.05) is 36.5 Å². The van der Waals surface area contributed by atoms with Crippen LogP contribution in [-0.2, 0) is 4.79 Å². The first kappa shape index (κ1) is 24.3. The molecule has 0 bridgehead atoms. The molecule has 180 valence electrons. The first-order valence-electron chi connectivity index (χ1n) is 11.9. The Bertz CT molecular complexity index is 1350. The fourth-order valence-electron chi connectivity index (χ4n) is 3.89. The molecule has 0 fully saturated rings. The standard InChI is InChI=1S/C28H32N6O/c1-6-10-31-26(27-33-23-9-11-29-17-24(23)34-27)22-13-19(8-7-18(22)2)20-12-21(16-30-15-20)32-25(35)14-28(3,4)5/h7-9,11-13,15-17H,6,10,14H2,1-5H3,(H,32,35)(H,33,34)/b31-26+. The molecule has 0 aliphatic heterocycles. The summed E-state index contributed by atoms with van der Waals surface area (Å²) in [6.45, 7) is 11.0. The van der Waals surface area contributed by atoms with Crippen molar-refractivity contribution in [3.63, 3.8) is 0 Å². The summed E-state index contributed by atoms with van der Waals surface area (Å²) in [5.74, 6) is 0.706. The van der Waals surface area contributed by atoms with Crippen molar-refractivity contribution in [2.24, 2.45) is 10.4 Å². The first-order chi connectivity index (χ1) is 16.7. The van der Waals surface area contributed by atoms with E-state index >= 15 is 0 Å². The van der Waals surface area contributed by atoms with E-state index in [4.69, 9.17) is 9.98 Å². The van der Waals surface area contributed by atoms with Gasteiger partial charge in [0.2, 0.25) is 5.91 Å². The lowest BCUT2D eigenvalue weighted by Gasteiger charge is -2.17.